The molecule has 3 aliphatic heterocycles. The second-order valence-electron chi connectivity index (χ2n) is 10.3. The van der Waals surface area contributed by atoms with Crippen LogP contribution in [0.15, 0.2) is 66.7 Å². The van der Waals surface area contributed by atoms with Crippen molar-refractivity contribution in [3.8, 4) is 28.4 Å². The third kappa shape index (κ3) is 6.80. The number of rotatable bonds is 3. The van der Waals surface area contributed by atoms with Crippen LogP contribution in [0.4, 0.5) is 0 Å². The molecule has 0 unspecified atom stereocenters. The van der Waals surface area contributed by atoms with E-state index in [0.29, 0.717) is 60.9 Å². The summed E-state index contributed by atoms with van der Waals surface area (Å²) >= 11 is 0. The molecular formula is C32H35N3O6. The lowest BCUT2D eigenvalue weighted by Crippen LogP contribution is -2.58. The van der Waals surface area contributed by atoms with Crippen molar-refractivity contribution in [3.63, 3.8) is 0 Å². The van der Waals surface area contributed by atoms with E-state index in [1.54, 1.807) is 31.4 Å². The number of methoxy groups -OCH3 is 1. The van der Waals surface area contributed by atoms with E-state index in [1.807, 2.05) is 54.3 Å². The third-order valence-corrected chi connectivity index (χ3v) is 7.36. The van der Waals surface area contributed by atoms with Gasteiger partial charge >= 0.3 is 0 Å². The molecule has 0 spiro atoms. The van der Waals surface area contributed by atoms with Crippen LogP contribution in [0.2, 0.25) is 0 Å². The molecule has 1 saturated heterocycles. The van der Waals surface area contributed by atoms with E-state index in [0.717, 1.165) is 17.5 Å². The molecule has 3 amide bonds. The van der Waals surface area contributed by atoms with Crippen molar-refractivity contribution < 1.29 is 28.6 Å². The zero-order valence-corrected chi connectivity index (χ0v) is 23.4. The number of likely N-dealkylation sites (tertiary alicyclic amines) is 1. The molecule has 9 heteroatoms. The standard InChI is InChI=1S/C32H35N3O6/c1-3-5-31(37)35-15-14-29-27(19-35)34-32(38)23-10-13-28(39-2)26(17-23)22-6-4-7-25(16-22)40-20-30(36)33-18-21-8-11-24(41-29)12-9-21/h4,6-13,16-17,27,29H,3,5,14-15,18-20H2,1-2H3,(H,33,36)(H,34,38)/t27-,29-/m1/s1. The van der Waals surface area contributed by atoms with Crippen molar-refractivity contribution in [2.75, 3.05) is 26.8 Å². The van der Waals surface area contributed by atoms with Gasteiger partial charge in [-0.15, -0.1) is 0 Å². The number of carbonyl (C=O) groups excluding carboxylic acids is 3. The fourth-order valence-corrected chi connectivity index (χ4v) is 5.15. The Bertz CT molecular complexity index is 1410. The second-order valence-corrected chi connectivity index (χ2v) is 10.3. The molecule has 0 radical (unpaired) electrons. The Morgan fingerprint density at radius 1 is 1.02 bits per heavy atom. The van der Waals surface area contributed by atoms with Crippen LogP contribution in [0, 0.1) is 0 Å². The Morgan fingerprint density at radius 3 is 2.63 bits per heavy atom. The smallest absolute Gasteiger partial charge is 0.258 e. The van der Waals surface area contributed by atoms with Crippen LogP contribution in [0.5, 0.6) is 17.2 Å². The highest BCUT2D eigenvalue weighted by atomic mass is 16.5. The largest absolute Gasteiger partial charge is 0.496 e. The van der Waals surface area contributed by atoms with Gasteiger partial charge in [-0.25, -0.2) is 0 Å². The van der Waals surface area contributed by atoms with Crippen molar-refractivity contribution in [2.45, 2.75) is 44.9 Å². The molecule has 0 aliphatic carbocycles. The number of fused-ring (bicyclic) bond motifs is 7. The summed E-state index contributed by atoms with van der Waals surface area (Å²) < 4.78 is 17.7. The molecular weight excluding hydrogens is 522 g/mol. The van der Waals surface area contributed by atoms with Crippen LogP contribution in [0.1, 0.15) is 42.1 Å². The number of hydrogen-bond acceptors (Lipinski definition) is 6. The van der Waals surface area contributed by atoms with Crippen molar-refractivity contribution in [1.29, 1.82) is 0 Å². The molecule has 6 rings (SSSR count). The minimum absolute atomic E-state index is 0.0758. The molecule has 3 heterocycles. The van der Waals surface area contributed by atoms with Gasteiger partial charge in [-0.1, -0.05) is 31.2 Å². The third-order valence-electron chi connectivity index (χ3n) is 7.36. The lowest BCUT2D eigenvalue weighted by atomic mass is 9.99. The molecule has 0 saturated carbocycles. The number of ether oxygens (including phenoxy) is 3. The summed E-state index contributed by atoms with van der Waals surface area (Å²) in [6.07, 6.45) is 1.49. The van der Waals surface area contributed by atoms with Crippen molar-refractivity contribution >= 4 is 17.7 Å². The van der Waals surface area contributed by atoms with Gasteiger partial charge < -0.3 is 29.7 Å². The number of amides is 3. The highest BCUT2D eigenvalue weighted by Gasteiger charge is 2.34. The fourth-order valence-electron chi connectivity index (χ4n) is 5.15. The van der Waals surface area contributed by atoms with Gasteiger partial charge in [-0.2, -0.15) is 0 Å². The number of piperidine rings is 1. The Morgan fingerprint density at radius 2 is 1.85 bits per heavy atom. The SMILES string of the molecule is CCCC(=O)N1CC[C@H]2Oc3ccc(cc3)CNC(=O)COc3cccc(c3)-c3cc(ccc3OC)C(=O)N[C@@H]2C1. The first-order chi connectivity index (χ1) is 19.9. The van der Waals surface area contributed by atoms with E-state index in [2.05, 4.69) is 10.6 Å². The van der Waals surface area contributed by atoms with Crippen LogP contribution in [0.3, 0.4) is 0 Å². The van der Waals surface area contributed by atoms with Gasteiger partial charge in [0.2, 0.25) is 5.91 Å². The van der Waals surface area contributed by atoms with Crippen LogP contribution >= 0.6 is 0 Å². The molecule has 3 aromatic carbocycles. The van der Waals surface area contributed by atoms with E-state index in [1.165, 1.54) is 0 Å². The summed E-state index contributed by atoms with van der Waals surface area (Å²) in [6.45, 7) is 3.12. The van der Waals surface area contributed by atoms with E-state index >= 15 is 0 Å². The minimum atomic E-state index is -0.413. The van der Waals surface area contributed by atoms with E-state index in [9.17, 15) is 14.4 Å². The summed E-state index contributed by atoms with van der Waals surface area (Å²) in [6, 6.07) is 19.6. The number of nitrogens with zero attached hydrogens (tertiary/aromatic N) is 1. The zero-order valence-electron chi connectivity index (χ0n) is 23.4. The maximum Gasteiger partial charge on any atom is 0.258 e. The van der Waals surface area contributed by atoms with Gasteiger partial charge in [-0.05, 0) is 60.0 Å². The van der Waals surface area contributed by atoms with Gasteiger partial charge in [0.25, 0.3) is 11.8 Å². The molecule has 214 valence electrons. The summed E-state index contributed by atoms with van der Waals surface area (Å²) in [4.78, 5) is 40.6. The normalized spacial score (nSPS) is 19.1. The van der Waals surface area contributed by atoms with Crippen molar-refractivity contribution in [2.24, 2.45) is 0 Å². The Hall–Kier alpha value is -4.53. The summed E-state index contributed by atoms with van der Waals surface area (Å²) in [5.41, 5.74) is 2.84. The monoisotopic (exact) mass is 557 g/mol. The first kappa shape index (κ1) is 28.0. The van der Waals surface area contributed by atoms with E-state index < -0.39 is 6.04 Å². The number of hydrogen-bond donors (Lipinski definition) is 2. The number of benzene rings is 3. The average Bonchev–Trinajstić information content (AvgIpc) is 3.00. The molecule has 2 N–H and O–H groups in total. The molecule has 0 aromatic heterocycles. The first-order valence-corrected chi connectivity index (χ1v) is 14.0. The Kier molecular flexibility index (Phi) is 8.72. The van der Waals surface area contributed by atoms with Crippen molar-refractivity contribution in [1.82, 2.24) is 15.5 Å². The van der Waals surface area contributed by atoms with Gasteiger partial charge in [0, 0.05) is 43.6 Å². The van der Waals surface area contributed by atoms with Gasteiger partial charge in [0.1, 0.15) is 23.4 Å². The topological polar surface area (TPSA) is 106 Å². The lowest BCUT2D eigenvalue weighted by molar-refractivity contribution is -0.133. The summed E-state index contributed by atoms with van der Waals surface area (Å²) in [7, 11) is 1.57. The highest BCUT2D eigenvalue weighted by Crippen LogP contribution is 2.33. The summed E-state index contributed by atoms with van der Waals surface area (Å²) in [5, 5.41) is 6.03. The van der Waals surface area contributed by atoms with Crippen LogP contribution < -0.4 is 24.8 Å². The molecule has 3 aliphatic rings. The van der Waals surface area contributed by atoms with Gasteiger partial charge in [0.15, 0.2) is 6.61 Å². The molecule has 6 bridgehead atoms. The first-order valence-electron chi connectivity index (χ1n) is 14.0. The second kappa shape index (κ2) is 12.8. The molecule has 41 heavy (non-hydrogen) atoms. The van der Waals surface area contributed by atoms with Gasteiger partial charge in [-0.3, -0.25) is 14.4 Å². The van der Waals surface area contributed by atoms with E-state index in [-0.39, 0.29) is 30.4 Å². The average molecular weight is 558 g/mol. The Labute approximate surface area is 239 Å². The van der Waals surface area contributed by atoms with Crippen molar-refractivity contribution in [3.05, 3.63) is 77.9 Å². The van der Waals surface area contributed by atoms with Crippen LogP contribution in [-0.2, 0) is 16.1 Å². The molecule has 3 aromatic rings. The van der Waals surface area contributed by atoms with Crippen LogP contribution in [0.25, 0.3) is 11.1 Å². The quantitative estimate of drug-likeness (QED) is 0.505. The van der Waals surface area contributed by atoms with E-state index in [4.69, 9.17) is 14.2 Å². The highest BCUT2D eigenvalue weighted by molar-refractivity contribution is 5.96. The number of carbonyl (C=O) groups is 3. The zero-order chi connectivity index (χ0) is 28.8. The van der Waals surface area contributed by atoms with Gasteiger partial charge in [0.05, 0.1) is 13.2 Å². The maximum atomic E-state index is 13.6. The van der Waals surface area contributed by atoms with Crippen LogP contribution in [-0.4, -0.2) is 61.6 Å². The summed E-state index contributed by atoms with van der Waals surface area (Å²) in [5.74, 6) is 1.33. The number of nitrogens with one attached hydrogen (secondary N) is 2. The molecule has 1 fully saturated rings. The molecule has 2 atom stereocenters. The Balaban J connectivity index is 1.49. The predicted molar refractivity (Wildman–Crippen MR) is 154 cm³/mol. The lowest BCUT2D eigenvalue weighted by Gasteiger charge is -2.39. The molecule has 9 nitrogen and oxygen atoms in total. The fraction of sp³-hybridized carbons (Fsp3) is 0.344. The minimum Gasteiger partial charge on any atom is -0.496 e. The maximum absolute atomic E-state index is 13.6. The predicted octanol–water partition coefficient (Wildman–Crippen LogP) is 3.95.